The summed E-state index contributed by atoms with van der Waals surface area (Å²) in [5, 5.41) is 1.95. The fourth-order valence-corrected chi connectivity index (χ4v) is 0.511. The van der Waals surface area contributed by atoms with Crippen molar-refractivity contribution in [2.45, 2.75) is 3.98 Å². The number of hydrogen-bond donors (Lipinski definition) is 2. The first-order valence-electron chi connectivity index (χ1n) is 2.63. The summed E-state index contributed by atoms with van der Waals surface area (Å²) < 4.78 is 1.99. The average Bonchev–Trinajstić information content (AvgIpc) is 1.79. The van der Waals surface area contributed by atoms with E-state index >= 15 is 0 Å². The second kappa shape index (κ2) is 4.59. The van der Waals surface area contributed by atoms with Crippen molar-refractivity contribution < 1.29 is 14.3 Å². The predicted octanol–water partition coefficient (Wildman–Crippen LogP) is 0.526. The molecule has 2 amide bonds. The lowest BCUT2D eigenvalue weighted by Gasteiger charge is -2.11. The lowest BCUT2D eigenvalue weighted by molar-refractivity contribution is -0.117. The first kappa shape index (κ1) is 11.6. The smallest absolute Gasteiger partial charge is 0.398 e. The molecular formula is C4H5Cl3N2O3. The molecule has 0 heterocycles. The molecular weight excluding hydrogens is 230 g/mol. The largest absolute Gasteiger partial charge is 0.411 e. The number of alkyl carbamates (subject to hydrolysis) is 1. The molecule has 0 rings (SSSR count). The third kappa shape index (κ3) is 7.71. The normalized spacial score (nSPS) is 10.6. The van der Waals surface area contributed by atoms with Crippen LogP contribution in [0.25, 0.3) is 0 Å². The Hall–Kier alpha value is -0.390. The third-order valence-electron chi connectivity index (χ3n) is 0.615. The van der Waals surface area contributed by atoms with Gasteiger partial charge in [-0.2, -0.15) is 0 Å². The lowest BCUT2D eigenvalue weighted by atomic mass is 10.6. The van der Waals surface area contributed by atoms with Crippen molar-refractivity contribution in [1.29, 1.82) is 0 Å². The second-order valence-corrected chi connectivity index (χ2v) is 3.83. The van der Waals surface area contributed by atoms with E-state index < -0.39 is 16.0 Å². The highest BCUT2D eigenvalue weighted by Gasteiger charge is 2.24. The van der Waals surface area contributed by atoms with Gasteiger partial charge in [0, 0.05) is 0 Å². The summed E-state index contributed by atoms with van der Waals surface area (Å²) in [6, 6.07) is 0. The molecule has 0 aliphatic rings. The van der Waals surface area contributed by atoms with Crippen molar-refractivity contribution in [3.05, 3.63) is 0 Å². The number of nitrogens with one attached hydrogen (secondary N) is 1. The van der Waals surface area contributed by atoms with Crippen LogP contribution in [0.15, 0.2) is 0 Å². The number of rotatable bonds is 2. The van der Waals surface area contributed by atoms with Gasteiger partial charge in [-0.1, -0.05) is 0 Å². The van der Waals surface area contributed by atoms with Crippen molar-refractivity contribution in [2.24, 2.45) is 5.73 Å². The van der Waals surface area contributed by atoms with E-state index in [1.165, 1.54) is 0 Å². The van der Waals surface area contributed by atoms with Gasteiger partial charge >= 0.3 is 10.1 Å². The van der Waals surface area contributed by atoms with Crippen LogP contribution in [-0.4, -0.2) is 22.5 Å². The number of carbonyl (C=O) groups is 2. The predicted molar refractivity (Wildman–Crippen MR) is 44.0 cm³/mol. The number of halogens is 3. The number of ether oxygens (including phenoxy) is 1. The van der Waals surface area contributed by atoms with E-state index in [-0.39, 0.29) is 6.54 Å². The van der Waals surface area contributed by atoms with E-state index in [0.29, 0.717) is 0 Å². The summed E-state index contributed by atoms with van der Waals surface area (Å²) in [4.78, 5) is 20.7. The van der Waals surface area contributed by atoms with Crippen LogP contribution in [0.4, 0.5) is 4.79 Å². The molecule has 0 radical (unpaired) electrons. The van der Waals surface area contributed by atoms with E-state index in [4.69, 9.17) is 40.5 Å². The van der Waals surface area contributed by atoms with Gasteiger partial charge in [-0.25, -0.2) is 4.79 Å². The van der Waals surface area contributed by atoms with E-state index in [1.807, 2.05) is 5.32 Å². The van der Waals surface area contributed by atoms with E-state index in [0.717, 1.165) is 0 Å². The fraction of sp³-hybridized carbons (Fsp3) is 0.500. The van der Waals surface area contributed by atoms with Gasteiger partial charge in [-0.05, 0) is 34.8 Å². The highest BCUT2D eigenvalue weighted by molar-refractivity contribution is 6.66. The van der Waals surface area contributed by atoms with Gasteiger partial charge in [0.2, 0.25) is 5.91 Å². The standard InChI is InChI=1S/C4H5Cl3N2O3/c5-4(6,7)12-3(11)9-1-2(8)10/h1H2,(H2,8,10)(H,9,11). The molecule has 8 heteroatoms. The molecule has 0 fully saturated rings. The average molecular weight is 235 g/mol. The summed E-state index contributed by atoms with van der Waals surface area (Å²) >= 11 is 15.2. The van der Waals surface area contributed by atoms with Gasteiger partial charge in [-0.3, -0.25) is 4.79 Å². The molecule has 70 valence electrons. The summed E-state index contributed by atoms with van der Waals surface area (Å²) in [6.07, 6.45) is -1.03. The molecule has 0 aliphatic carbocycles. The van der Waals surface area contributed by atoms with Gasteiger partial charge in [0.15, 0.2) is 0 Å². The Labute approximate surface area is 83.1 Å². The number of amides is 2. The van der Waals surface area contributed by atoms with Crippen molar-refractivity contribution in [2.75, 3.05) is 6.54 Å². The van der Waals surface area contributed by atoms with Crippen molar-refractivity contribution in [3.63, 3.8) is 0 Å². The van der Waals surface area contributed by atoms with Gasteiger partial charge in [0.25, 0.3) is 0 Å². The van der Waals surface area contributed by atoms with Gasteiger partial charge in [0.05, 0.1) is 6.54 Å². The maximum atomic E-state index is 10.6. The van der Waals surface area contributed by atoms with Crippen molar-refractivity contribution in [1.82, 2.24) is 5.32 Å². The highest BCUT2D eigenvalue weighted by Crippen LogP contribution is 2.27. The SMILES string of the molecule is NC(=O)CNC(=O)OC(Cl)(Cl)Cl. The molecule has 0 aromatic carbocycles. The Bertz CT molecular complexity index is 190. The number of primary amides is 1. The van der Waals surface area contributed by atoms with E-state index in [1.54, 1.807) is 0 Å². The van der Waals surface area contributed by atoms with Crippen LogP contribution < -0.4 is 11.1 Å². The van der Waals surface area contributed by atoms with Crippen LogP contribution in [0.2, 0.25) is 0 Å². The molecule has 0 atom stereocenters. The minimum atomic E-state index is -2.14. The van der Waals surface area contributed by atoms with E-state index in [2.05, 4.69) is 4.74 Å². The third-order valence-corrected chi connectivity index (χ3v) is 0.847. The highest BCUT2D eigenvalue weighted by atomic mass is 35.6. The monoisotopic (exact) mass is 234 g/mol. The summed E-state index contributed by atoms with van der Waals surface area (Å²) in [5.41, 5.74) is 4.70. The number of nitrogens with two attached hydrogens (primary N) is 1. The molecule has 0 unspecified atom stereocenters. The Balaban J connectivity index is 3.68. The molecule has 0 aliphatic heterocycles. The number of carbonyl (C=O) groups excluding carboxylic acids is 2. The van der Waals surface area contributed by atoms with Gasteiger partial charge in [-0.15, -0.1) is 0 Å². The first-order chi connectivity index (χ1) is 5.31. The zero-order chi connectivity index (χ0) is 9.78. The molecule has 3 N–H and O–H groups in total. The van der Waals surface area contributed by atoms with Crippen LogP contribution in [-0.2, 0) is 9.53 Å². The molecule has 12 heavy (non-hydrogen) atoms. The van der Waals surface area contributed by atoms with Crippen LogP contribution in [0.1, 0.15) is 0 Å². The summed E-state index contributed by atoms with van der Waals surface area (Å²) in [7, 11) is 0. The van der Waals surface area contributed by atoms with Gasteiger partial charge in [0.1, 0.15) is 0 Å². The molecule has 0 saturated carbocycles. The van der Waals surface area contributed by atoms with Gasteiger partial charge < -0.3 is 15.8 Å². The lowest BCUT2D eigenvalue weighted by Crippen LogP contribution is -2.35. The Morgan fingerprint density at radius 1 is 1.42 bits per heavy atom. The maximum absolute atomic E-state index is 10.6. The van der Waals surface area contributed by atoms with Crippen LogP contribution in [0.5, 0.6) is 0 Å². The molecule has 5 nitrogen and oxygen atoms in total. The summed E-state index contributed by atoms with van der Waals surface area (Å²) in [5.74, 6) is -0.726. The first-order valence-corrected chi connectivity index (χ1v) is 3.76. The molecule has 0 saturated heterocycles. The Morgan fingerprint density at radius 2 is 1.92 bits per heavy atom. The maximum Gasteiger partial charge on any atom is 0.411 e. The van der Waals surface area contributed by atoms with Crippen molar-refractivity contribution >= 4 is 46.8 Å². The van der Waals surface area contributed by atoms with Crippen molar-refractivity contribution in [3.8, 4) is 0 Å². The molecule has 0 spiro atoms. The minimum Gasteiger partial charge on any atom is -0.398 e. The molecule has 0 aromatic rings. The number of hydrogen-bond acceptors (Lipinski definition) is 3. The zero-order valence-electron chi connectivity index (χ0n) is 5.64. The fourth-order valence-electron chi connectivity index (χ4n) is 0.300. The summed E-state index contributed by atoms with van der Waals surface area (Å²) in [6.45, 7) is -0.375. The molecule has 0 aromatic heterocycles. The van der Waals surface area contributed by atoms with Crippen LogP contribution in [0, 0.1) is 0 Å². The Morgan fingerprint density at radius 3 is 2.25 bits per heavy atom. The molecule has 0 bridgehead atoms. The topological polar surface area (TPSA) is 81.4 Å². The quantitative estimate of drug-likeness (QED) is 0.685. The Kier molecular flexibility index (Phi) is 4.44. The van der Waals surface area contributed by atoms with E-state index in [9.17, 15) is 9.59 Å². The van der Waals surface area contributed by atoms with Crippen LogP contribution >= 0.6 is 34.8 Å². The minimum absolute atomic E-state index is 0.375. The zero-order valence-corrected chi connectivity index (χ0v) is 7.91. The number of alkyl halides is 3. The second-order valence-electron chi connectivity index (χ2n) is 1.66. The van der Waals surface area contributed by atoms with Crippen LogP contribution in [0.3, 0.4) is 0 Å².